The van der Waals surface area contributed by atoms with E-state index in [4.69, 9.17) is 4.98 Å². The Kier molecular flexibility index (Phi) is 7.40. The maximum absolute atomic E-state index is 13.0. The first-order valence-electron chi connectivity index (χ1n) is 12.2. The molecule has 1 amide bonds. The first-order valence-corrected chi connectivity index (χ1v) is 13.7. The van der Waals surface area contributed by atoms with Crippen molar-refractivity contribution in [1.82, 2.24) is 23.7 Å². The van der Waals surface area contributed by atoms with E-state index in [1.807, 2.05) is 11.0 Å². The van der Waals surface area contributed by atoms with Crippen molar-refractivity contribution in [3.8, 4) is 0 Å². The molecule has 8 nitrogen and oxygen atoms in total. The van der Waals surface area contributed by atoms with E-state index in [9.17, 15) is 13.2 Å². The molecule has 1 unspecified atom stereocenters. The number of unbranched alkanes of at least 4 members (excludes halogenated alkanes) is 1. The maximum atomic E-state index is 13.0. The van der Waals surface area contributed by atoms with Crippen LogP contribution in [-0.4, -0.2) is 84.3 Å². The lowest BCUT2D eigenvalue weighted by Crippen LogP contribution is -2.37. The summed E-state index contributed by atoms with van der Waals surface area (Å²) in [5, 5.41) is 0. The molecule has 3 heterocycles. The highest BCUT2D eigenvalue weighted by Gasteiger charge is 2.31. The number of imidazole rings is 1. The fourth-order valence-corrected chi connectivity index (χ4v) is 5.96. The summed E-state index contributed by atoms with van der Waals surface area (Å²) in [6.07, 6.45) is 6.68. The van der Waals surface area contributed by atoms with Gasteiger partial charge in [-0.25, -0.2) is 17.7 Å². The molecule has 0 saturated carbocycles. The second-order valence-electron chi connectivity index (χ2n) is 9.50. The molecular formula is C24H37N5O3S. The predicted molar refractivity (Wildman–Crippen MR) is 130 cm³/mol. The Morgan fingerprint density at radius 1 is 1.18 bits per heavy atom. The summed E-state index contributed by atoms with van der Waals surface area (Å²) in [5.41, 5.74) is 1.60. The molecule has 0 N–H and O–H groups in total. The van der Waals surface area contributed by atoms with Crippen molar-refractivity contribution in [3.63, 3.8) is 0 Å². The zero-order chi connectivity index (χ0) is 23.6. The summed E-state index contributed by atoms with van der Waals surface area (Å²) in [7, 11) is -0.457. The largest absolute Gasteiger partial charge is 0.341 e. The Balaban J connectivity index is 1.49. The minimum Gasteiger partial charge on any atom is -0.341 e. The van der Waals surface area contributed by atoms with Crippen LogP contribution in [0.4, 0.5) is 0 Å². The third-order valence-corrected chi connectivity index (χ3v) is 8.86. The number of benzene rings is 1. The molecular weight excluding hydrogens is 438 g/mol. The molecule has 0 spiro atoms. The monoisotopic (exact) mass is 475 g/mol. The average Bonchev–Trinajstić information content (AvgIpc) is 3.55. The number of sulfonamides is 1. The van der Waals surface area contributed by atoms with Gasteiger partial charge in [0.2, 0.25) is 15.9 Å². The van der Waals surface area contributed by atoms with Gasteiger partial charge >= 0.3 is 0 Å². The van der Waals surface area contributed by atoms with E-state index < -0.39 is 10.0 Å². The lowest BCUT2D eigenvalue weighted by atomic mass is 10.2. The first-order chi connectivity index (χ1) is 15.8. The summed E-state index contributed by atoms with van der Waals surface area (Å²) in [4.78, 5) is 22.5. The highest BCUT2D eigenvalue weighted by Crippen LogP contribution is 2.25. The number of likely N-dealkylation sites (tertiary alicyclic amines) is 2. The van der Waals surface area contributed by atoms with Crippen molar-refractivity contribution in [2.24, 2.45) is 0 Å². The molecule has 1 atom stereocenters. The van der Waals surface area contributed by atoms with E-state index >= 15 is 0 Å². The summed E-state index contributed by atoms with van der Waals surface area (Å²) >= 11 is 0. The van der Waals surface area contributed by atoms with Crippen molar-refractivity contribution in [2.45, 2.75) is 69.4 Å². The third kappa shape index (κ3) is 5.10. The maximum Gasteiger partial charge on any atom is 0.242 e. The molecule has 2 aromatic rings. The van der Waals surface area contributed by atoms with Gasteiger partial charge in [-0.05, 0) is 57.0 Å². The molecule has 2 aliphatic rings. The zero-order valence-corrected chi connectivity index (χ0v) is 21.0. The van der Waals surface area contributed by atoms with Gasteiger partial charge in [0.15, 0.2) is 0 Å². The number of hydrogen-bond acceptors (Lipinski definition) is 5. The molecule has 0 aliphatic carbocycles. The molecule has 182 valence electrons. The predicted octanol–water partition coefficient (Wildman–Crippen LogP) is 2.72. The normalized spacial score (nSPS) is 19.9. The second-order valence-corrected chi connectivity index (χ2v) is 11.6. The van der Waals surface area contributed by atoms with Crippen LogP contribution >= 0.6 is 0 Å². The second kappa shape index (κ2) is 10.1. The minimum absolute atomic E-state index is 0.196. The molecule has 1 aromatic heterocycles. The van der Waals surface area contributed by atoms with Crippen molar-refractivity contribution in [1.29, 1.82) is 0 Å². The Hall–Kier alpha value is -1.97. The highest BCUT2D eigenvalue weighted by molar-refractivity contribution is 7.89. The van der Waals surface area contributed by atoms with Crippen molar-refractivity contribution in [3.05, 3.63) is 24.0 Å². The van der Waals surface area contributed by atoms with Crippen molar-refractivity contribution < 1.29 is 13.2 Å². The number of rotatable bonds is 9. The lowest BCUT2D eigenvalue weighted by Gasteiger charge is -2.23. The van der Waals surface area contributed by atoms with E-state index in [2.05, 4.69) is 16.4 Å². The molecule has 0 radical (unpaired) electrons. The van der Waals surface area contributed by atoms with E-state index in [1.165, 1.54) is 44.3 Å². The molecule has 1 aromatic carbocycles. The van der Waals surface area contributed by atoms with Crippen LogP contribution in [0, 0.1) is 0 Å². The van der Waals surface area contributed by atoms with Crippen LogP contribution in [0.5, 0.6) is 0 Å². The number of aromatic nitrogens is 2. The van der Waals surface area contributed by atoms with Gasteiger partial charge < -0.3 is 9.47 Å². The number of carbonyl (C=O) groups is 1. The number of hydrogen-bond donors (Lipinski definition) is 0. The van der Waals surface area contributed by atoms with Crippen LogP contribution in [-0.2, 0) is 27.8 Å². The number of amides is 1. The van der Waals surface area contributed by atoms with Crippen LogP contribution < -0.4 is 0 Å². The van der Waals surface area contributed by atoms with Crippen LogP contribution in [0.2, 0.25) is 0 Å². The van der Waals surface area contributed by atoms with Gasteiger partial charge in [-0.3, -0.25) is 9.69 Å². The number of nitrogens with zero attached hydrogens (tertiary/aromatic N) is 5. The smallest absolute Gasteiger partial charge is 0.242 e. The summed E-state index contributed by atoms with van der Waals surface area (Å²) in [6, 6.07) is 5.67. The lowest BCUT2D eigenvalue weighted by molar-refractivity contribution is -0.130. The Bertz CT molecular complexity index is 1090. The Morgan fingerprint density at radius 3 is 2.64 bits per heavy atom. The number of fused-ring (bicyclic) bond motifs is 1. The number of carbonyl (C=O) groups excluding carboxylic acids is 1. The summed E-state index contributed by atoms with van der Waals surface area (Å²) < 4.78 is 28.5. The minimum atomic E-state index is -3.52. The Morgan fingerprint density at radius 2 is 1.94 bits per heavy atom. The van der Waals surface area contributed by atoms with Gasteiger partial charge in [0.05, 0.1) is 15.9 Å². The first kappa shape index (κ1) is 24.2. The fourth-order valence-electron chi connectivity index (χ4n) is 5.04. The average molecular weight is 476 g/mol. The van der Waals surface area contributed by atoms with Crippen LogP contribution in [0.15, 0.2) is 23.1 Å². The molecule has 2 aliphatic heterocycles. The van der Waals surface area contributed by atoms with E-state index in [0.29, 0.717) is 24.4 Å². The van der Waals surface area contributed by atoms with Crippen LogP contribution in [0.3, 0.4) is 0 Å². The fraction of sp³-hybridized carbons (Fsp3) is 0.667. The molecule has 2 saturated heterocycles. The van der Waals surface area contributed by atoms with Gasteiger partial charge in [0, 0.05) is 52.6 Å². The quantitative estimate of drug-likeness (QED) is 0.557. The van der Waals surface area contributed by atoms with E-state index in [-0.39, 0.29) is 10.8 Å². The summed E-state index contributed by atoms with van der Waals surface area (Å²) in [5.74, 6) is 1.06. The van der Waals surface area contributed by atoms with Gasteiger partial charge in [0.1, 0.15) is 5.82 Å². The molecule has 4 rings (SSSR count). The van der Waals surface area contributed by atoms with Crippen molar-refractivity contribution >= 4 is 27.0 Å². The highest BCUT2D eigenvalue weighted by atomic mass is 32.2. The van der Waals surface area contributed by atoms with E-state index in [1.54, 1.807) is 12.1 Å². The van der Waals surface area contributed by atoms with Crippen LogP contribution in [0.1, 0.15) is 51.3 Å². The standard InChI is InChI=1S/C24H37N5O3S/c1-4-5-15-29-22-9-8-20(33(31,32)26(2)3)17-21(22)25-23(29)10-11-24(30)28-16-12-19(18-28)27-13-6-7-14-27/h8-9,17,19H,4-7,10-16,18H2,1-3H3. The van der Waals surface area contributed by atoms with Crippen LogP contribution in [0.25, 0.3) is 11.0 Å². The third-order valence-electron chi connectivity index (χ3n) is 7.05. The Labute approximate surface area is 197 Å². The number of aryl methyl sites for hydroxylation is 2. The topological polar surface area (TPSA) is 78.8 Å². The van der Waals surface area contributed by atoms with Gasteiger partial charge in [-0.15, -0.1) is 0 Å². The molecule has 9 heteroatoms. The van der Waals surface area contributed by atoms with Gasteiger partial charge in [-0.1, -0.05) is 13.3 Å². The molecule has 33 heavy (non-hydrogen) atoms. The SMILES string of the molecule is CCCCn1c(CCC(=O)N2CCC(N3CCCC3)C2)nc2cc(S(=O)(=O)N(C)C)ccc21. The van der Waals surface area contributed by atoms with E-state index in [0.717, 1.165) is 50.2 Å². The zero-order valence-electron chi connectivity index (χ0n) is 20.2. The molecule has 0 bridgehead atoms. The van der Waals surface area contributed by atoms with Gasteiger partial charge in [0.25, 0.3) is 0 Å². The van der Waals surface area contributed by atoms with Gasteiger partial charge in [-0.2, -0.15) is 0 Å². The van der Waals surface area contributed by atoms with Crippen molar-refractivity contribution in [2.75, 3.05) is 40.3 Å². The molecule has 2 fully saturated rings. The summed E-state index contributed by atoms with van der Waals surface area (Å²) in [6.45, 7) is 6.99.